The lowest BCUT2D eigenvalue weighted by atomic mass is 10.2. The number of carbonyl (C=O) groups is 1. The molecule has 1 saturated heterocycles. The predicted molar refractivity (Wildman–Crippen MR) is 73.6 cm³/mol. The third kappa shape index (κ3) is 4.61. The molecule has 5 heteroatoms. The van der Waals surface area contributed by atoms with Crippen molar-refractivity contribution in [1.82, 2.24) is 10.2 Å². The molecule has 1 atom stereocenters. The molecule has 0 spiro atoms. The maximum atomic E-state index is 13.0. The molecule has 0 saturated carbocycles. The third-order valence-electron chi connectivity index (χ3n) is 3.22. The van der Waals surface area contributed by atoms with Crippen molar-refractivity contribution >= 4 is 11.6 Å². The number of nitrogens with zero attached hydrogens (tertiary/aromatic N) is 1. The zero-order chi connectivity index (χ0) is 13.7. The first kappa shape index (κ1) is 14.0. The van der Waals surface area contributed by atoms with Crippen LogP contribution in [0.4, 0.5) is 10.1 Å². The number of anilines is 1. The summed E-state index contributed by atoms with van der Waals surface area (Å²) in [5, 5.41) is 6.07. The fourth-order valence-electron chi connectivity index (χ4n) is 2.26. The van der Waals surface area contributed by atoms with E-state index >= 15 is 0 Å². The smallest absolute Gasteiger partial charge is 0.225 e. The molecule has 4 nitrogen and oxygen atoms in total. The largest absolute Gasteiger partial charge is 0.326 e. The number of nitrogens with one attached hydrogen (secondary N) is 2. The average Bonchev–Trinajstić information content (AvgIpc) is 2.36. The van der Waals surface area contributed by atoms with E-state index in [0.29, 0.717) is 18.2 Å². The summed E-state index contributed by atoms with van der Waals surface area (Å²) in [6.07, 6.45) is 0.434. The molecule has 0 radical (unpaired) electrons. The fraction of sp³-hybridized carbons (Fsp3) is 0.500. The zero-order valence-corrected chi connectivity index (χ0v) is 11.2. The summed E-state index contributed by atoms with van der Waals surface area (Å²) >= 11 is 0. The van der Waals surface area contributed by atoms with Crippen molar-refractivity contribution in [1.29, 1.82) is 0 Å². The van der Waals surface area contributed by atoms with Crippen LogP contribution in [-0.2, 0) is 4.79 Å². The van der Waals surface area contributed by atoms with Crippen LogP contribution in [0.25, 0.3) is 0 Å². The molecule has 0 aliphatic carbocycles. The van der Waals surface area contributed by atoms with Crippen LogP contribution in [-0.4, -0.2) is 43.0 Å². The molecule has 0 aromatic heterocycles. The van der Waals surface area contributed by atoms with Gasteiger partial charge in [0.25, 0.3) is 0 Å². The van der Waals surface area contributed by atoms with Gasteiger partial charge in [-0.1, -0.05) is 6.07 Å². The number of carbonyl (C=O) groups excluding carboxylic acids is 1. The van der Waals surface area contributed by atoms with E-state index in [2.05, 4.69) is 22.5 Å². The van der Waals surface area contributed by atoms with E-state index in [9.17, 15) is 9.18 Å². The van der Waals surface area contributed by atoms with Crippen molar-refractivity contribution in [2.24, 2.45) is 0 Å². The molecule has 104 valence electrons. The lowest BCUT2D eigenvalue weighted by molar-refractivity contribution is -0.116. The van der Waals surface area contributed by atoms with E-state index in [1.807, 2.05) is 0 Å². The quantitative estimate of drug-likeness (QED) is 0.866. The van der Waals surface area contributed by atoms with E-state index in [0.717, 1.165) is 26.2 Å². The topological polar surface area (TPSA) is 44.4 Å². The maximum absolute atomic E-state index is 13.0. The molecule has 2 N–H and O–H groups in total. The molecule has 1 aromatic rings. The Morgan fingerprint density at radius 2 is 2.42 bits per heavy atom. The Bertz CT molecular complexity index is 438. The Morgan fingerprint density at radius 3 is 3.16 bits per heavy atom. The molecule has 19 heavy (non-hydrogen) atoms. The van der Waals surface area contributed by atoms with Crippen molar-refractivity contribution in [3.63, 3.8) is 0 Å². The van der Waals surface area contributed by atoms with E-state index in [-0.39, 0.29) is 11.7 Å². The highest BCUT2D eigenvalue weighted by Gasteiger charge is 2.16. The van der Waals surface area contributed by atoms with Gasteiger partial charge in [-0.05, 0) is 25.1 Å². The van der Waals surface area contributed by atoms with Gasteiger partial charge in [-0.3, -0.25) is 4.79 Å². The molecule has 2 rings (SSSR count). The monoisotopic (exact) mass is 265 g/mol. The lowest BCUT2D eigenvalue weighted by Gasteiger charge is -2.31. The molecule has 1 fully saturated rings. The maximum Gasteiger partial charge on any atom is 0.225 e. The minimum atomic E-state index is -0.339. The molecular formula is C14H20FN3O. The summed E-state index contributed by atoms with van der Waals surface area (Å²) in [7, 11) is 0. The van der Waals surface area contributed by atoms with E-state index < -0.39 is 0 Å². The number of benzene rings is 1. The second-order valence-corrected chi connectivity index (χ2v) is 4.96. The number of hydrogen-bond acceptors (Lipinski definition) is 3. The molecule has 0 bridgehead atoms. The van der Waals surface area contributed by atoms with Crippen LogP contribution in [0.2, 0.25) is 0 Å². The first-order chi connectivity index (χ1) is 9.13. The van der Waals surface area contributed by atoms with Gasteiger partial charge in [0, 0.05) is 44.3 Å². The number of hydrogen-bond donors (Lipinski definition) is 2. The Kier molecular flexibility index (Phi) is 4.87. The SMILES string of the molecule is C[C@H]1CN(CCC(=O)Nc2cccc(F)c2)CCN1. The second-order valence-electron chi connectivity index (χ2n) is 4.96. The molecule has 1 aromatic carbocycles. The highest BCUT2D eigenvalue weighted by atomic mass is 19.1. The minimum absolute atomic E-state index is 0.0724. The summed E-state index contributed by atoms with van der Waals surface area (Å²) in [4.78, 5) is 14.0. The molecule has 0 unspecified atom stereocenters. The van der Waals surface area contributed by atoms with Crippen LogP contribution in [0, 0.1) is 5.82 Å². The third-order valence-corrected chi connectivity index (χ3v) is 3.22. The summed E-state index contributed by atoms with van der Waals surface area (Å²) in [6, 6.07) is 6.43. The standard InChI is InChI=1S/C14H20FN3O/c1-11-10-18(8-6-16-11)7-5-14(19)17-13-4-2-3-12(15)9-13/h2-4,9,11,16H,5-8,10H2,1H3,(H,17,19)/t11-/m0/s1. The summed E-state index contributed by atoms with van der Waals surface area (Å²) in [5.74, 6) is -0.412. The van der Waals surface area contributed by atoms with Gasteiger partial charge in [-0.15, -0.1) is 0 Å². The van der Waals surface area contributed by atoms with Crippen LogP contribution in [0.15, 0.2) is 24.3 Å². The van der Waals surface area contributed by atoms with Crippen molar-refractivity contribution in [2.45, 2.75) is 19.4 Å². The molecule has 1 heterocycles. The highest BCUT2D eigenvalue weighted by molar-refractivity contribution is 5.90. The van der Waals surface area contributed by atoms with Gasteiger partial charge in [0.05, 0.1) is 0 Å². The van der Waals surface area contributed by atoms with Crippen molar-refractivity contribution in [2.75, 3.05) is 31.5 Å². The van der Waals surface area contributed by atoms with Crippen LogP contribution in [0.3, 0.4) is 0 Å². The Balaban J connectivity index is 1.75. The molecule has 1 amide bonds. The van der Waals surface area contributed by atoms with Crippen LogP contribution in [0.1, 0.15) is 13.3 Å². The van der Waals surface area contributed by atoms with E-state index in [4.69, 9.17) is 0 Å². The van der Waals surface area contributed by atoms with Gasteiger partial charge in [0.1, 0.15) is 5.82 Å². The van der Waals surface area contributed by atoms with Gasteiger partial charge in [-0.25, -0.2) is 4.39 Å². The number of amides is 1. The van der Waals surface area contributed by atoms with Gasteiger partial charge in [0.2, 0.25) is 5.91 Å². The summed E-state index contributed by atoms with van der Waals surface area (Å²) < 4.78 is 13.0. The Hall–Kier alpha value is -1.46. The molecule has 1 aliphatic rings. The second kappa shape index (κ2) is 6.63. The zero-order valence-electron chi connectivity index (χ0n) is 11.2. The minimum Gasteiger partial charge on any atom is -0.326 e. The van der Waals surface area contributed by atoms with Crippen LogP contribution in [0.5, 0.6) is 0 Å². The first-order valence-corrected chi connectivity index (χ1v) is 6.64. The van der Waals surface area contributed by atoms with Crippen molar-refractivity contribution in [3.8, 4) is 0 Å². The van der Waals surface area contributed by atoms with E-state index in [1.54, 1.807) is 12.1 Å². The van der Waals surface area contributed by atoms with Gasteiger partial charge in [-0.2, -0.15) is 0 Å². The number of halogens is 1. The van der Waals surface area contributed by atoms with Crippen molar-refractivity contribution < 1.29 is 9.18 Å². The predicted octanol–water partition coefficient (Wildman–Crippen LogP) is 1.45. The van der Waals surface area contributed by atoms with Crippen LogP contribution >= 0.6 is 0 Å². The average molecular weight is 265 g/mol. The number of piperazine rings is 1. The van der Waals surface area contributed by atoms with E-state index in [1.165, 1.54) is 12.1 Å². The van der Waals surface area contributed by atoms with Gasteiger partial charge >= 0.3 is 0 Å². The normalized spacial score (nSPS) is 20.2. The van der Waals surface area contributed by atoms with Gasteiger partial charge in [0.15, 0.2) is 0 Å². The first-order valence-electron chi connectivity index (χ1n) is 6.64. The molecular weight excluding hydrogens is 245 g/mol. The molecule has 1 aliphatic heterocycles. The summed E-state index contributed by atoms with van der Waals surface area (Å²) in [6.45, 7) is 5.78. The Labute approximate surface area is 113 Å². The van der Waals surface area contributed by atoms with Crippen LogP contribution < -0.4 is 10.6 Å². The fourth-order valence-corrected chi connectivity index (χ4v) is 2.26. The lowest BCUT2D eigenvalue weighted by Crippen LogP contribution is -2.49. The Morgan fingerprint density at radius 1 is 1.58 bits per heavy atom. The van der Waals surface area contributed by atoms with Crippen molar-refractivity contribution in [3.05, 3.63) is 30.1 Å². The van der Waals surface area contributed by atoms with Gasteiger partial charge < -0.3 is 15.5 Å². The summed E-state index contributed by atoms with van der Waals surface area (Å²) in [5.41, 5.74) is 0.513. The highest BCUT2D eigenvalue weighted by Crippen LogP contribution is 2.09. The number of rotatable bonds is 4.